The van der Waals surface area contributed by atoms with Crippen LogP contribution in [-0.4, -0.2) is 62.2 Å². The summed E-state index contributed by atoms with van der Waals surface area (Å²) < 4.78 is 4.34. The molecule has 7 nitrogen and oxygen atoms in total. The number of aliphatic hydroxyl groups is 4. The zero-order valence-electron chi connectivity index (χ0n) is 12.4. The van der Waals surface area contributed by atoms with Crippen LogP contribution in [0, 0.1) is 0 Å². The van der Waals surface area contributed by atoms with Crippen molar-refractivity contribution in [3.05, 3.63) is 0 Å². The van der Waals surface area contributed by atoms with Crippen LogP contribution in [0.15, 0.2) is 0 Å². The number of hydrogen-bond donors (Lipinski definition) is 5. The van der Waals surface area contributed by atoms with E-state index in [0.29, 0.717) is 0 Å². The van der Waals surface area contributed by atoms with Crippen LogP contribution in [0.4, 0.5) is 0 Å². The van der Waals surface area contributed by atoms with E-state index >= 15 is 0 Å². The number of ether oxygens (including phenoxy) is 1. The van der Waals surface area contributed by atoms with Gasteiger partial charge in [0.2, 0.25) is 0 Å². The van der Waals surface area contributed by atoms with Crippen LogP contribution < -0.4 is 88.7 Å². The van der Waals surface area contributed by atoms with Crippen molar-refractivity contribution in [1.82, 2.24) is 0 Å². The SMILES string of the molecule is O=C(O)[C@H]1O[C@@H](O)[C@H](O)[C@@H](O)[C@@H]1O.[H-].[H-].[H-].[Na+].[Na+].[Na+]. The molecule has 82 valence electrons. The predicted molar refractivity (Wildman–Crippen MR) is 39.9 cm³/mol. The second-order valence-corrected chi connectivity index (χ2v) is 2.76. The average molecular weight is 266 g/mol. The number of hydrogen-bond acceptors (Lipinski definition) is 6. The van der Waals surface area contributed by atoms with Crippen LogP contribution >= 0.6 is 0 Å². The molecule has 10 heteroatoms. The Balaban J connectivity index is -0.0000000704. The van der Waals surface area contributed by atoms with Gasteiger partial charge in [-0.25, -0.2) is 4.79 Å². The third-order valence-corrected chi connectivity index (χ3v) is 1.83. The van der Waals surface area contributed by atoms with Crippen molar-refractivity contribution in [2.75, 3.05) is 0 Å². The Morgan fingerprint density at radius 1 is 0.938 bits per heavy atom. The van der Waals surface area contributed by atoms with E-state index in [2.05, 4.69) is 4.74 Å². The molecule has 1 rings (SSSR count). The quantitative estimate of drug-likeness (QED) is 0.298. The van der Waals surface area contributed by atoms with Crippen LogP contribution in [0.2, 0.25) is 0 Å². The summed E-state index contributed by atoms with van der Waals surface area (Å²) in [6.07, 6.45) is -8.72. The molecule has 1 fully saturated rings. The van der Waals surface area contributed by atoms with Gasteiger partial charge in [0.1, 0.15) is 18.3 Å². The summed E-state index contributed by atoms with van der Waals surface area (Å²) in [4.78, 5) is 10.4. The summed E-state index contributed by atoms with van der Waals surface area (Å²) in [5.41, 5.74) is 0. The van der Waals surface area contributed by atoms with E-state index in [1.165, 1.54) is 0 Å². The maximum atomic E-state index is 10.4. The first-order chi connectivity index (χ1) is 5.95. The van der Waals surface area contributed by atoms with Crippen LogP contribution in [0.3, 0.4) is 0 Å². The summed E-state index contributed by atoms with van der Waals surface area (Å²) in [7, 11) is 0. The topological polar surface area (TPSA) is 127 Å². The minimum Gasteiger partial charge on any atom is -1.00 e. The van der Waals surface area contributed by atoms with Crippen molar-refractivity contribution < 1.29 is 128 Å². The molecule has 5 N–H and O–H groups in total. The van der Waals surface area contributed by atoms with Gasteiger partial charge in [-0.15, -0.1) is 0 Å². The number of aliphatic carboxylic acids is 1. The van der Waals surface area contributed by atoms with E-state index in [-0.39, 0.29) is 93.0 Å². The Labute approximate surface area is 162 Å². The summed E-state index contributed by atoms with van der Waals surface area (Å²) >= 11 is 0. The second kappa shape index (κ2) is 10.1. The molecule has 1 aliphatic rings. The molecule has 5 atom stereocenters. The molecule has 1 heterocycles. The number of carbonyl (C=O) groups is 1. The van der Waals surface area contributed by atoms with Gasteiger partial charge in [0.05, 0.1) is 0 Å². The van der Waals surface area contributed by atoms with E-state index in [1.54, 1.807) is 0 Å². The van der Waals surface area contributed by atoms with Gasteiger partial charge >= 0.3 is 94.6 Å². The standard InChI is InChI=1S/C6H10O7.3Na.3H/c7-1-2(8)4(5(10)11)13-6(12)3(1)9;;;;;;/h1-4,6-9,12H,(H,10,11);;;;;;/q;3*+1;3*-1/t1-,2-,3+,4-,6+;;;;;;/m0....../s1. The number of rotatable bonds is 1. The molecule has 0 amide bonds. The fourth-order valence-corrected chi connectivity index (χ4v) is 1.07. The van der Waals surface area contributed by atoms with E-state index in [9.17, 15) is 4.79 Å². The first-order valence-electron chi connectivity index (χ1n) is 3.55. The molecule has 0 radical (unpaired) electrons. The van der Waals surface area contributed by atoms with E-state index < -0.39 is 36.7 Å². The first kappa shape index (κ1) is 23.4. The summed E-state index contributed by atoms with van der Waals surface area (Å²) in [6.45, 7) is 0. The number of carboxylic acid groups (broad SMARTS) is 1. The fraction of sp³-hybridized carbons (Fsp3) is 0.833. The van der Waals surface area contributed by atoms with Crippen LogP contribution in [0.1, 0.15) is 4.28 Å². The molecule has 16 heavy (non-hydrogen) atoms. The monoisotopic (exact) mass is 266 g/mol. The van der Waals surface area contributed by atoms with E-state index in [0.717, 1.165) is 0 Å². The third kappa shape index (κ3) is 5.50. The average Bonchev–Trinajstić information content (AvgIpc) is 2.07. The minimum atomic E-state index is -1.81. The molecule has 1 saturated heterocycles. The van der Waals surface area contributed by atoms with Crippen molar-refractivity contribution >= 4 is 5.97 Å². The van der Waals surface area contributed by atoms with Gasteiger partial charge in [0.15, 0.2) is 12.4 Å². The van der Waals surface area contributed by atoms with Crippen LogP contribution in [0.25, 0.3) is 0 Å². The normalized spacial score (nSPS) is 37.4. The molecule has 0 bridgehead atoms. The molecular formula is C6H13Na3O7. The molecule has 0 unspecified atom stereocenters. The van der Waals surface area contributed by atoms with Crippen LogP contribution in [0.5, 0.6) is 0 Å². The van der Waals surface area contributed by atoms with Gasteiger partial charge in [0, 0.05) is 0 Å². The molecule has 0 aromatic carbocycles. The first-order valence-corrected chi connectivity index (χ1v) is 3.55. The van der Waals surface area contributed by atoms with Crippen molar-refractivity contribution in [2.24, 2.45) is 0 Å². The molecule has 0 aromatic rings. The molecule has 1 aliphatic heterocycles. The summed E-state index contributed by atoms with van der Waals surface area (Å²) in [5, 5.41) is 44.4. The Hall–Kier alpha value is 2.27. The molecule has 0 spiro atoms. The van der Waals surface area contributed by atoms with Crippen molar-refractivity contribution in [2.45, 2.75) is 30.7 Å². The van der Waals surface area contributed by atoms with E-state index in [1.807, 2.05) is 0 Å². The third-order valence-electron chi connectivity index (χ3n) is 1.83. The summed E-state index contributed by atoms with van der Waals surface area (Å²) in [5.74, 6) is -1.52. The van der Waals surface area contributed by atoms with Crippen molar-refractivity contribution in [1.29, 1.82) is 0 Å². The smallest absolute Gasteiger partial charge is 1.00 e. The molecular weight excluding hydrogens is 253 g/mol. The van der Waals surface area contributed by atoms with Crippen molar-refractivity contribution in [3.8, 4) is 0 Å². The second-order valence-electron chi connectivity index (χ2n) is 2.76. The molecule has 0 saturated carbocycles. The minimum absolute atomic E-state index is 0. The Bertz CT molecular complexity index is 228. The number of aliphatic hydroxyl groups excluding tert-OH is 4. The van der Waals surface area contributed by atoms with Gasteiger partial charge < -0.3 is 34.5 Å². The molecule has 0 aromatic heterocycles. The fourth-order valence-electron chi connectivity index (χ4n) is 1.07. The zero-order valence-corrected chi connectivity index (χ0v) is 15.4. The maximum absolute atomic E-state index is 10.4. The summed E-state index contributed by atoms with van der Waals surface area (Å²) in [6, 6.07) is 0. The van der Waals surface area contributed by atoms with Gasteiger partial charge in [-0.05, 0) is 0 Å². The molecule has 0 aliphatic carbocycles. The zero-order chi connectivity index (χ0) is 10.2. The Morgan fingerprint density at radius 3 is 1.75 bits per heavy atom. The van der Waals surface area contributed by atoms with Gasteiger partial charge in [-0.1, -0.05) is 0 Å². The van der Waals surface area contributed by atoms with Gasteiger partial charge in [-0.2, -0.15) is 0 Å². The van der Waals surface area contributed by atoms with Crippen LogP contribution in [-0.2, 0) is 9.53 Å². The van der Waals surface area contributed by atoms with Gasteiger partial charge in [-0.3, -0.25) is 0 Å². The number of carboxylic acids is 1. The van der Waals surface area contributed by atoms with E-state index in [4.69, 9.17) is 25.5 Å². The maximum Gasteiger partial charge on any atom is 1.00 e. The largest absolute Gasteiger partial charge is 1.00 e. The predicted octanol–water partition coefficient (Wildman–Crippen LogP) is -11.8. The van der Waals surface area contributed by atoms with Crippen molar-refractivity contribution in [3.63, 3.8) is 0 Å². The Kier molecular flexibility index (Phi) is 14.8. The van der Waals surface area contributed by atoms with Gasteiger partial charge in [0.25, 0.3) is 0 Å². The Morgan fingerprint density at radius 2 is 1.38 bits per heavy atom.